The summed E-state index contributed by atoms with van der Waals surface area (Å²) in [6.45, 7) is 10.9. The molecule has 1 fully saturated rings. The molecule has 0 amide bonds. The molecule has 1 N–H and O–H groups in total. The second-order valence-corrected chi connectivity index (χ2v) is 5.00. The van der Waals surface area contributed by atoms with Gasteiger partial charge in [-0.2, -0.15) is 0 Å². The Balaban J connectivity index is 2.36. The summed E-state index contributed by atoms with van der Waals surface area (Å²) in [6, 6.07) is 0. The Bertz CT molecular complexity index is 165. The van der Waals surface area contributed by atoms with Crippen LogP contribution in [0.3, 0.4) is 0 Å². The molecule has 0 saturated carbocycles. The van der Waals surface area contributed by atoms with Gasteiger partial charge in [0, 0.05) is 18.6 Å². The first-order valence-corrected chi connectivity index (χ1v) is 5.55. The van der Waals surface area contributed by atoms with E-state index in [1.165, 1.54) is 0 Å². The molecule has 1 saturated heterocycles. The predicted molar refractivity (Wildman–Crippen MR) is 59.6 cm³/mol. The van der Waals surface area contributed by atoms with Gasteiger partial charge >= 0.3 is 0 Å². The summed E-state index contributed by atoms with van der Waals surface area (Å²) >= 11 is 0. The second-order valence-electron chi connectivity index (χ2n) is 5.00. The molecule has 3 heteroatoms. The van der Waals surface area contributed by atoms with Crippen LogP contribution in [-0.2, 0) is 4.74 Å². The first-order chi connectivity index (χ1) is 6.54. The first-order valence-electron chi connectivity index (χ1n) is 5.55. The smallest absolute Gasteiger partial charge is 0.0714 e. The van der Waals surface area contributed by atoms with E-state index in [-0.39, 0.29) is 5.54 Å². The fourth-order valence-electron chi connectivity index (χ4n) is 1.81. The third kappa shape index (κ3) is 3.56. The number of hydrogen-bond acceptors (Lipinski definition) is 3. The Morgan fingerprint density at radius 3 is 2.71 bits per heavy atom. The lowest BCUT2D eigenvalue weighted by Gasteiger charge is -2.41. The van der Waals surface area contributed by atoms with Crippen molar-refractivity contribution in [3.05, 3.63) is 0 Å². The molecule has 0 radical (unpaired) electrons. The van der Waals surface area contributed by atoms with Crippen LogP contribution in [0.1, 0.15) is 27.2 Å². The van der Waals surface area contributed by atoms with Crippen molar-refractivity contribution in [1.82, 2.24) is 10.2 Å². The van der Waals surface area contributed by atoms with Crippen LogP contribution in [0.15, 0.2) is 0 Å². The number of rotatable bonds is 3. The highest BCUT2D eigenvalue weighted by atomic mass is 16.5. The number of morpholine rings is 1. The van der Waals surface area contributed by atoms with Crippen molar-refractivity contribution in [3.8, 4) is 0 Å². The van der Waals surface area contributed by atoms with Crippen molar-refractivity contribution in [2.24, 2.45) is 0 Å². The van der Waals surface area contributed by atoms with Crippen molar-refractivity contribution in [2.75, 3.05) is 33.3 Å². The molecule has 1 unspecified atom stereocenters. The van der Waals surface area contributed by atoms with Gasteiger partial charge in [0.2, 0.25) is 0 Å². The molecule has 1 atom stereocenters. The zero-order valence-electron chi connectivity index (χ0n) is 9.97. The second kappa shape index (κ2) is 5.10. The van der Waals surface area contributed by atoms with Gasteiger partial charge in [0.05, 0.1) is 12.7 Å². The van der Waals surface area contributed by atoms with E-state index in [4.69, 9.17) is 4.74 Å². The summed E-state index contributed by atoms with van der Waals surface area (Å²) in [4.78, 5) is 2.51. The third-order valence-corrected chi connectivity index (χ3v) is 2.80. The third-order valence-electron chi connectivity index (χ3n) is 2.80. The standard InChI is InChI=1S/C11H24N2O/c1-11(2,3)13-7-8-14-10(9-13)5-6-12-4/h10,12H,5-9H2,1-4H3. The molecule has 1 heterocycles. The summed E-state index contributed by atoms with van der Waals surface area (Å²) < 4.78 is 5.72. The van der Waals surface area contributed by atoms with Gasteiger partial charge in [-0.1, -0.05) is 0 Å². The molecular formula is C11H24N2O. The van der Waals surface area contributed by atoms with Gasteiger partial charge in [-0.25, -0.2) is 0 Å². The van der Waals surface area contributed by atoms with Crippen molar-refractivity contribution >= 4 is 0 Å². The van der Waals surface area contributed by atoms with E-state index >= 15 is 0 Å². The van der Waals surface area contributed by atoms with Gasteiger partial charge in [0.25, 0.3) is 0 Å². The molecule has 0 spiro atoms. The van der Waals surface area contributed by atoms with E-state index in [0.29, 0.717) is 6.10 Å². The van der Waals surface area contributed by atoms with E-state index in [1.54, 1.807) is 0 Å². The Morgan fingerprint density at radius 1 is 1.43 bits per heavy atom. The molecule has 14 heavy (non-hydrogen) atoms. The summed E-state index contributed by atoms with van der Waals surface area (Å²) in [7, 11) is 1.99. The lowest BCUT2D eigenvalue weighted by Crippen LogP contribution is -2.51. The Morgan fingerprint density at radius 2 is 2.14 bits per heavy atom. The highest BCUT2D eigenvalue weighted by molar-refractivity contribution is 4.81. The lowest BCUT2D eigenvalue weighted by atomic mass is 10.0. The van der Waals surface area contributed by atoms with Gasteiger partial charge < -0.3 is 10.1 Å². The minimum absolute atomic E-state index is 0.279. The Labute approximate surface area is 87.8 Å². The zero-order valence-corrected chi connectivity index (χ0v) is 9.97. The van der Waals surface area contributed by atoms with E-state index in [0.717, 1.165) is 32.7 Å². The van der Waals surface area contributed by atoms with Crippen LogP contribution in [0.25, 0.3) is 0 Å². The molecule has 1 aliphatic heterocycles. The predicted octanol–water partition coefficient (Wildman–Crippen LogP) is 1.10. The minimum atomic E-state index is 0.279. The lowest BCUT2D eigenvalue weighted by molar-refractivity contribution is -0.0602. The molecular weight excluding hydrogens is 176 g/mol. The molecule has 0 aromatic rings. The number of hydrogen-bond donors (Lipinski definition) is 1. The largest absolute Gasteiger partial charge is 0.376 e. The van der Waals surface area contributed by atoms with Crippen LogP contribution in [-0.4, -0.2) is 49.8 Å². The van der Waals surface area contributed by atoms with Crippen LogP contribution in [0.4, 0.5) is 0 Å². The zero-order chi connectivity index (χ0) is 10.6. The summed E-state index contributed by atoms with van der Waals surface area (Å²) in [6.07, 6.45) is 1.53. The summed E-state index contributed by atoms with van der Waals surface area (Å²) in [5.41, 5.74) is 0.279. The SMILES string of the molecule is CNCCC1CN(C(C)(C)C)CCO1. The monoisotopic (exact) mass is 200 g/mol. The molecule has 3 nitrogen and oxygen atoms in total. The highest BCUT2D eigenvalue weighted by Gasteiger charge is 2.27. The van der Waals surface area contributed by atoms with Crippen molar-refractivity contribution in [2.45, 2.75) is 38.8 Å². The molecule has 84 valence electrons. The average molecular weight is 200 g/mol. The molecule has 1 rings (SSSR count). The van der Waals surface area contributed by atoms with Gasteiger partial charge in [-0.3, -0.25) is 4.90 Å². The van der Waals surface area contributed by atoms with Gasteiger partial charge in [-0.15, -0.1) is 0 Å². The van der Waals surface area contributed by atoms with Gasteiger partial charge in [-0.05, 0) is 40.8 Å². The normalized spacial score (nSPS) is 25.3. The maximum atomic E-state index is 5.72. The van der Waals surface area contributed by atoms with Crippen molar-refractivity contribution in [1.29, 1.82) is 0 Å². The number of nitrogens with zero attached hydrogens (tertiary/aromatic N) is 1. The molecule has 0 aromatic carbocycles. The maximum absolute atomic E-state index is 5.72. The Kier molecular flexibility index (Phi) is 4.35. The van der Waals surface area contributed by atoms with Crippen molar-refractivity contribution in [3.63, 3.8) is 0 Å². The van der Waals surface area contributed by atoms with E-state index < -0.39 is 0 Å². The van der Waals surface area contributed by atoms with E-state index in [1.807, 2.05) is 7.05 Å². The van der Waals surface area contributed by atoms with E-state index in [9.17, 15) is 0 Å². The summed E-state index contributed by atoms with van der Waals surface area (Å²) in [5.74, 6) is 0. The summed E-state index contributed by atoms with van der Waals surface area (Å²) in [5, 5.41) is 3.17. The van der Waals surface area contributed by atoms with Gasteiger partial charge in [0.15, 0.2) is 0 Å². The molecule has 0 aromatic heterocycles. The Hall–Kier alpha value is -0.120. The minimum Gasteiger partial charge on any atom is -0.376 e. The quantitative estimate of drug-likeness (QED) is 0.738. The van der Waals surface area contributed by atoms with E-state index in [2.05, 4.69) is 31.0 Å². The van der Waals surface area contributed by atoms with Crippen LogP contribution in [0.2, 0.25) is 0 Å². The topological polar surface area (TPSA) is 24.5 Å². The van der Waals surface area contributed by atoms with Gasteiger partial charge in [0.1, 0.15) is 0 Å². The first kappa shape index (κ1) is 12.0. The van der Waals surface area contributed by atoms with Crippen LogP contribution >= 0.6 is 0 Å². The number of nitrogens with one attached hydrogen (secondary N) is 1. The van der Waals surface area contributed by atoms with Crippen LogP contribution in [0, 0.1) is 0 Å². The molecule has 1 aliphatic rings. The maximum Gasteiger partial charge on any atom is 0.0714 e. The highest BCUT2D eigenvalue weighted by Crippen LogP contribution is 2.18. The average Bonchev–Trinajstić information content (AvgIpc) is 2.14. The van der Waals surface area contributed by atoms with Crippen LogP contribution < -0.4 is 5.32 Å². The fourth-order valence-corrected chi connectivity index (χ4v) is 1.81. The van der Waals surface area contributed by atoms with Crippen LogP contribution in [0.5, 0.6) is 0 Å². The molecule has 0 aliphatic carbocycles. The van der Waals surface area contributed by atoms with Crippen molar-refractivity contribution < 1.29 is 4.74 Å². The number of ether oxygens (including phenoxy) is 1. The fraction of sp³-hybridized carbons (Fsp3) is 1.00. The molecule has 0 bridgehead atoms.